The van der Waals surface area contributed by atoms with Gasteiger partial charge in [-0.2, -0.15) is 5.26 Å². The molecule has 9 heteroatoms. The van der Waals surface area contributed by atoms with E-state index in [1.54, 1.807) is 17.0 Å². The van der Waals surface area contributed by atoms with Crippen LogP contribution in [0.25, 0.3) is 0 Å². The van der Waals surface area contributed by atoms with Gasteiger partial charge in [0.05, 0.1) is 12.6 Å². The monoisotopic (exact) mass is 443 g/mol. The van der Waals surface area contributed by atoms with E-state index < -0.39 is 15.6 Å². The van der Waals surface area contributed by atoms with Crippen LogP contribution in [0.15, 0.2) is 29.4 Å². The molecule has 1 aromatic rings. The number of carbonyl (C=O) groups is 1. The standard InChI is InChI=1S/C22H29N5O3S/c23-13-18-4-3-7-27(18)20(28)14-25-21-9-16-8-17(10-21)12-22(11-16,15-21)26-31(29,30)19-5-1-2-6-24-19/h1-2,5-6,16-18,25-26H,3-4,7-12,14-15H2/t16?,17?,18-,21?,22?/m0/s1. The van der Waals surface area contributed by atoms with Crippen LogP contribution in [0.2, 0.25) is 0 Å². The van der Waals surface area contributed by atoms with E-state index in [4.69, 9.17) is 0 Å². The van der Waals surface area contributed by atoms with E-state index in [1.807, 2.05) is 0 Å². The highest BCUT2D eigenvalue weighted by molar-refractivity contribution is 7.89. The van der Waals surface area contributed by atoms with Crippen molar-refractivity contribution in [1.29, 1.82) is 5.26 Å². The predicted octanol–water partition coefficient (Wildman–Crippen LogP) is 1.56. The molecule has 4 saturated carbocycles. The van der Waals surface area contributed by atoms with Crippen LogP contribution in [0.5, 0.6) is 0 Å². The smallest absolute Gasteiger partial charge is 0.258 e. The molecule has 31 heavy (non-hydrogen) atoms. The number of sulfonamides is 1. The van der Waals surface area contributed by atoms with Gasteiger partial charge in [0.25, 0.3) is 10.0 Å². The first-order valence-corrected chi connectivity index (χ1v) is 12.7. The van der Waals surface area contributed by atoms with Gasteiger partial charge in [0.15, 0.2) is 5.03 Å². The van der Waals surface area contributed by atoms with Crippen LogP contribution < -0.4 is 10.0 Å². The van der Waals surface area contributed by atoms with Crippen molar-refractivity contribution >= 4 is 15.9 Å². The summed E-state index contributed by atoms with van der Waals surface area (Å²) in [5.74, 6) is 0.880. The number of aromatic nitrogens is 1. The topological polar surface area (TPSA) is 115 Å². The van der Waals surface area contributed by atoms with Gasteiger partial charge in [-0.1, -0.05) is 6.07 Å². The van der Waals surface area contributed by atoms with Crippen molar-refractivity contribution in [3.8, 4) is 6.07 Å². The minimum atomic E-state index is -3.70. The molecule has 1 aliphatic heterocycles. The van der Waals surface area contributed by atoms with E-state index in [2.05, 4.69) is 21.1 Å². The number of hydrogen-bond donors (Lipinski definition) is 2. The van der Waals surface area contributed by atoms with Crippen LogP contribution in [0, 0.1) is 23.2 Å². The fourth-order valence-corrected chi connectivity index (χ4v) is 8.37. The number of pyridine rings is 1. The first-order chi connectivity index (χ1) is 14.8. The molecule has 2 unspecified atom stereocenters. The van der Waals surface area contributed by atoms with Crippen LogP contribution in [0.1, 0.15) is 51.4 Å². The normalized spacial score (nSPS) is 36.5. The zero-order chi connectivity index (χ0) is 21.7. The molecule has 4 aliphatic carbocycles. The molecule has 0 radical (unpaired) electrons. The second kappa shape index (κ2) is 7.54. The summed E-state index contributed by atoms with van der Waals surface area (Å²) in [6.07, 6.45) is 8.58. The van der Waals surface area contributed by atoms with E-state index in [0.717, 1.165) is 44.9 Å². The van der Waals surface area contributed by atoms with Crippen molar-refractivity contribution in [2.45, 2.75) is 73.5 Å². The number of rotatable bonds is 6. The van der Waals surface area contributed by atoms with Gasteiger partial charge in [0, 0.05) is 23.8 Å². The molecule has 8 nitrogen and oxygen atoms in total. The lowest BCUT2D eigenvalue weighted by Crippen LogP contribution is -2.69. The highest BCUT2D eigenvalue weighted by atomic mass is 32.2. The molecule has 1 saturated heterocycles. The Kier molecular flexibility index (Phi) is 5.07. The Morgan fingerprint density at radius 2 is 1.97 bits per heavy atom. The maximum Gasteiger partial charge on any atom is 0.258 e. The average Bonchev–Trinajstić information content (AvgIpc) is 3.20. The lowest BCUT2D eigenvalue weighted by atomic mass is 9.50. The molecule has 2 heterocycles. The van der Waals surface area contributed by atoms with Gasteiger partial charge < -0.3 is 10.2 Å². The molecular weight excluding hydrogens is 414 g/mol. The van der Waals surface area contributed by atoms with E-state index >= 15 is 0 Å². The van der Waals surface area contributed by atoms with Gasteiger partial charge >= 0.3 is 0 Å². The number of nitrogens with one attached hydrogen (secondary N) is 2. The minimum absolute atomic E-state index is 0.0251. The van der Waals surface area contributed by atoms with E-state index in [-0.39, 0.29) is 29.1 Å². The lowest BCUT2D eigenvalue weighted by Gasteiger charge is -2.62. The zero-order valence-corrected chi connectivity index (χ0v) is 18.4. The zero-order valence-electron chi connectivity index (χ0n) is 17.6. The molecule has 4 bridgehead atoms. The largest absolute Gasteiger partial charge is 0.326 e. The Labute approximate surface area is 183 Å². The number of nitrogens with zero attached hydrogens (tertiary/aromatic N) is 3. The first kappa shape index (κ1) is 20.9. The van der Waals surface area contributed by atoms with Crippen molar-refractivity contribution in [3.05, 3.63) is 24.4 Å². The molecule has 0 aromatic carbocycles. The number of carbonyl (C=O) groups excluding carboxylic acids is 1. The molecule has 5 aliphatic rings. The van der Waals surface area contributed by atoms with Gasteiger partial charge in [0.2, 0.25) is 5.91 Å². The molecule has 3 atom stereocenters. The maximum atomic E-state index is 13.0. The van der Waals surface area contributed by atoms with Crippen molar-refractivity contribution in [1.82, 2.24) is 19.9 Å². The SMILES string of the molecule is N#C[C@@H]1CCCN1C(=O)CNC12CC3CC(C1)CC(NS(=O)(=O)c1ccccn1)(C3)C2. The first-order valence-electron chi connectivity index (χ1n) is 11.2. The molecule has 0 spiro atoms. The summed E-state index contributed by atoms with van der Waals surface area (Å²) in [7, 11) is -3.70. The van der Waals surface area contributed by atoms with Crippen molar-refractivity contribution in [2.24, 2.45) is 11.8 Å². The Bertz CT molecular complexity index is 992. The highest BCUT2D eigenvalue weighted by Crippen LogP contribution is 2.57. The van der Waals surface area contributed by atoms with E-state index in [1.165, 1.54) is 12.3 Å². The Morgan fingerprint density at radius 1 is 1.23 bits per heavy atom. The molecule has 166 valence electrons. The highest BCUT2D eigenvalue weighted by Gasteiger charge is 2.58. The molecule has 1 aromatic heterocycles. The summed E-state index contributed by atoms with van der Waals surface area (Å²) in [5.41, 5.74) is -0.715. The summed E-state index contributed by atoms with van der Waals surface area (Å²) in [5, 5.41) is 12.9. The molecule has 2 N–H and O–H groups in total. The van der Waals surface area contributed by atoms with Crippen LogP contribution in [0.4, 0.5) is 0 Å². The maximum absolute atomic E-state index is 13.0. The quantitative estimate of drug-likeness (QED) is 0.689. The van der Waals surface area contributed by atoms with Crippen molar-refractivity contribution in [2.75, 3.05) is 13.1 Å². The number of hydrogen-bond acceptors (Lipinski definition) is 6. The van der Waals surface area contributed by atoms with Gasteiger partial charge in [-0.15, -0.1) is 0 Å². The number of likely N-dealkylation sites (tertiary alicyclic amines) is 1. The van der Waals surface area contributed by atoms with Crippen LogP contribution in [-0.4, -0.2) is 54.4 Å². The average molecular weight is 444 g/mol. The molecular formula is C22H29N5O3S. The second-order valence-electron chi connectivity index (χ2n) is 10.0. The summed E-state index contributed by atoms with van der Waals surface area (Å²) in [4.78, 5) is 18.5. The van der Waals surface area contributed by atoms with Gasteiger partial charge in [-0.3, -0.25) is 4.79 Å². The van der Waals surface area contributed by atoms with E-state index in [9.17, 15) is 18.5 Å². The molecule has 5 fully saturated rings. The second-order valence-corrected chi connectivity index (χ2v) is 11.7. The molecule has 1 amide bonds. The third-order valence-electron chi connectivity index (χ3n) is 7.66. The van der Waals surface area contributed by atoms with Gasteiger partial charge in [0.1, 0.15) is 6.04 Å². The summed E-state index contributed by atoms with van der Waals surface area (Å²) >= 11 is 0. The molecule has 6 rings (SSSR count). The third kappa shape index (κ3) is 3.86. The Balaban J connectivity index is 1.32. The minimum Gasteiger partial charge on any atom is -0.326 e. The summed E-state index contributed by atoms with van der Waals surface area (Å²) < 4.78 is 29.1. The number of amides is 1. The summed E-state index contributed by atoms with van der Waals surface area (Å²) in [6.45, 7) is 0.853. The summed E-state index contributed by atoms with van der Waals surface area (Å²) in [6, 6.07) is 6.83. The van der Waals surface area contributed by atoms with Crippen molar-refractivity contribution in [3.63, 3.8) is 0 Å². The Morgan fingerprint density at radius 3 is 2.65 bits per heavy atom. The predicted molar refractivity (Wildman–Crippen MR) is 113 cm³/mol. The van der Waals surface area contributed by atoms with Gasteiger partial charge in [-0.05, 0) is 75.3 Å². The van der Waals surface area contributed by atoms with Gasteiger partial charge in [-0.25, -0.2) is 18.1 Å². The third-order valence-corrected chi connectivity index (χ3v) is 9.16. The van der Waals surface area contributed by atoms with Crippen molar-refractivity contribution < 1.29 is 13.2 Å². The fourth-order valence-electron chi connectivity index (χ4n) is 7.00. The van der Waals surface area contributed by atoms with Crippen LogP contribution in [-0.2, 0) is 14.8 Å². The van der Waals surface area contributed by atoms with Crippen LogP contribution >= 0.6 is 0 Å². The lowest BCUT2D eigenvalue weighted by molar-refractivity contribution is -0.131. The van der Waals surface area contributed by atoms with Crippen LogP contribution in [0.3, 0.4) is 0 Å². The Hall–Kier alpha value is -2.02. The van der Waals surface area contributed by atoms with E-state index in [0.29, 0.717) is 24.8 Å². The number of nitriles is 1. The fraction of sp³-hybridized carbons (Fsp3) is 0.682.